The normalized spacial score (nSPS) is 18.9. The molecule has 4 amide bonds. The fraction of sp³-hybridized carbons (Fsp3) is 0.211. The van der Waals surface area contributed by atoms with Gasteiger partial charge in [0.15, 0.2) is 0 Å². The Morgan fingerprint density at radius 1 is 1.13 bits per heavy atom. The molecule has 11 heteroatoms. The first kappa shape index (κ1) is 21.4. The first-order valence-electron chi connectivity index (χ1n) is 8.54. The van der Waals surface area contributed by atoms with Crippen molar-refractivity contribution in [3.05, 3.63) is 59.1 Å². The van der Waals surface area contributed by atoms with Crippen LogP contribution in [0.4, 0.5) is 23.7 Å². The third-order valence-electron chi connectivity index (χ3n) is 4.37. The molecule has 2 N–H and O–H groups in total. The van der Waals surface area contributed by atoms with Gasteiger partial charge in [0.2, 0.25) is 5.91 Å². The van der Waals surface area contributed by atoms with E-state index < -0.39 is 42.0 Å². The predicted octanol–water partition coefficient (Wildman–Crippen LogP) is 3.64. The Morgan fingerprint density at radius 3 is 2.30 bits per heavy atom. The Balaban J connectivity index is 1.66. The zero-order valence-corrected chi connectivity index (χ0v) is 16.2. The van der Waals surface area contributed by atoms with Crippen LogP contribution in [0.2, 0.25) is 5.02 Å². The summed E-state index contributed by atoms with van der Waals surface area (Å²) in [6.45, 7) is 0.933. The number of hydrogen-bond acceptors (Lipinski definition) is 4. The highest BCUT2D eigenvalue weighted by atomic mass is 35.5. The molecule has 7 nitrogen and oxygen atoms in total. The van der Waals surface area contributed by atoms with Gasteiger partial charge in [-0.15, -0.1) is 13.2 Å². The van der Waals surface area contributed by atoms with Crippen LogP contribution in [0.1, 0.15) is 12.5 Å². The summed E-state index contributed by atoms with van der Waals surface area (Å²) < 4.78 is 40.3. The van der Waals surface area contributed by atoms with Crippen LogP contribution in [0.5, 0.6) is 5.75 Å². The molecule has 0 spiro atoms. The Labute approximate surface area is 173 Å². The highest BCUT2D eigenvalue weighted by molar-refractivity contribution is 6.30. The molecule has 1 fully saturated rings. The van der Waals surface area contributed by atoms with Gasteiger partial charge in [0, 0.05) is 10.7 Å². The number of imide groups is 1. The van der Waals surface area contributed by atoms with E-state index >= 15 is 0 Å². The molecule has 1 aliphatic heterocycles. The van der Waals surface area contributed by atoms with Crippen molar-refractivity contribution in [1.29, 1.82) is 0 Å². The van der Waals surface area contributed by atoms with Crippen molar-refractivity contribution in [3.8, 4) is 5.75 Å². The van der Waals surface area contributed by atoms with Gasteiger partial charge in [0.05, 0.1) is 0 Å². The fourth-order valence-corrected chi connectivity index (χ4v) is 3.03. The van der Waals surface area contributed by atoms with Gasteiger partial charge in [-0.2, -0.15) is 0 Å². The maximum absolute atomic E-state index is 12.8. The molecule has 0 aliphatic carbocycles. The highest BCUT2D eigenvalue weighted by Crippen LogP contribution is 2.30. The number of hydrogen-bond donors (Lipinski definition) is 2. The Morgan fingerprint density at radius 2 is 1.73 bits per heavy atom. The van der Waals surface area contributed by atoms with Gasteiger partial charge >= 0.3 is 12.4 Å². The number of carbonyl (C=O) groups excluding carboxylic acids is 3. The standard InChI is InChI=1S/C19H15ClF3N3O4/c1-18(11-2-4-12(20)5-3-11)16(28)26(17(29)25-18)10-15(27)24-13-6-8-14(9-7-13)30-19(21,22)23/h2-9H,10H2,1H3,(H,24,27)(H,25,29)/t18-/m0/s1. The summed E-state index contributed by atoms with van der Waals surface area (Å²) in [5, 5.41) is 5.42. The third-order valence-corrected chi connectivity index (χ3v) is 4.62. The largest absolute Gasteiger partial charge is 0.573 e. The fourth-order valence-electron chi connectivity index (χ4n) is 2.90. The zero-order chi connectivity index (χ0) is 22.1. The number of nitrogens with zero attached hydrogens (tertiary/aromatic N) is 1. The summed E-state index contributed by atoms with van der Waals surface area (Å²) in [5.41, 5.74) is -0.700. The monoisotopic (exact) mass is 441 g/mol. The van der Waals surface area contributed by atoms with Crippen molar-refractivity contribution in [2.45, 2.75) is 18.8 Å². The lowest BCUT2D eigenvalue weighted by molar-refractivity contribution is -0.274. The molecular formula is C19H15ClF3N3O4. The topological polar surface area (TPSA) is 87.7 Å². The van der Waals surface area contributed by atoms with E-state index in [1.165, 1.54) is 19.1 Å². The first-order valence-corrected chi connectivity index (χ1v) is 8.91. The second-order valence-electron chi connectivity index (χ2n) is 6.57. The minimum atomic E-state index is -4.83. The predicted molar refractivity (Wildman–Crippen MR) is 101 cm³/mol. The van der Waals surface area contributed by atoms with Gasteiger partial charge in [-0.25, -0.2) is 4.79 Å². The summed E-state index contributed by atoms with van der Waals surface area (Å²) in [4.78, 5) is 38.1. The Bertz CT molecular complexity index is 980. The van der Waals surface area contributed by atoms with E-state index in [0.717, 1.165) is 17.0 Å². The number of benzene rings is 2. The van der Waals surface area contributed by atoms with Crippen molar-refractivity contribution in [2.75, 3.05) is 11.9 Å². The molecule has 1 atom stereocenters. The highest BCUT2D eigenvalue weighted by Gasteiger charge is 2.49. The lowest BCUT2D eigenvalue weighted by Gasteiger charge is -2.22. The number of nitrogens with one attached hydrogen (secondary N) is 2. The molecule has 2 aromatic carbocycles. The molecule has 3 rings (SSSR count). The third kappa shape index (κ3) is 4.65. The van der Waals surface area contributed by atoms with Crippen LogP contribution >= 0.6 is 11.6 Å². The van der Waals surface area contributed by atoms with Crippen LogP contribution < -0.4 is 15.4 Å². The van der Waals surface area contributed by atoms with E-state index in [9.17, 15) is 27.6 Å². The van der Waals surface area contributed by atoms with Crippen LogP contribution in [0.3, 0.4) is 0 Å². The van der Waals surface area contributed by atoms with E-state index in [-0.39, 0.29) is 5.69 Å². The lowest BCUT2D eigenvalue weighted by Crippen LogP contribution is -2.42. The summed E-state index contributed by atoms with van der Waals surface area (Å²) in [7, 11) is 0. The van der Waals surface area contributed by atoms with Gasteiger partial charge in [-0.05, 0) is 48.9 Å². The zero-order valence-electron chi connectivity index (χ0n) is 15.4. The SMILES string of the molecule is C[C@@]1(c2ccc(Cl)cc2)NC(=O)N(CC(=O)Nc2ccc(OC(F)(F)F)cc2)C1=O. The number of halogens is 4. The van der Waals surface area contributed by atoms with E-state index in [1.807, 2.05) is 0 Å². The number of alkyl halides is 3. The second kappa shape index (κ2) is 7.86. The number of carbonyl (C=O) groups is 3. The van der Waals surface area contributed by atoms with E-state index in [1.54, 1.807) is 24.3 Å². The molecule has 2 aromatic rings. The molecule has 0 aromatic heterocycles. The van der Waals surface area contributed by atoms with Gasteiger partial charge in [0.1, 0.15) is 17.8 Å². The average molecular weight is 442 g/mol. The number of anilines is 1. The minimum absolute atomic E-state index is 0.169. The molecule has 1 aliphatic rings. The van der Waals surface area contributed by atoms with Crippen molar-refractivity contribution in [3.63, 3.8) is 0 Å². The van der Waals surface area contributed by atoms with Crippen molar-refractivity contribution >= 4 is 35.1 Å². The van der Waals surface area contributed by atoms with Crippen LogP contribution in [-0.2, 0) is 15.1 Å². The molecule has 0 unspecified atom stereocenters. The quantitative estimate of drug-likeness (QED) is 0.693. The van der Waals surface area contributed by atoms with Gasteiger partial charge in [-0.3, -0.25) is 14.5 Å². The van der Waals surface area contributed by atoms with Gasteiger partial charge < -0.3 is 15.4 Å². The van der Waals surface area contributed by atoms with Gasteiger partial charge in [0.25, 0.3) is 5.91 Å². The summed E-state index contributed by atoms with van der Waals surface area (Å²) in [6, 6.07) is 10.0. The van der Waals surface area contributed by atoms with E-state index in [4.69, 9.17) is 11.6 Å². The Kier molecular flexibility index (Phi) is 5.62. The van der Waals surface area contributed by atoms with E-state index in [2.05, 4.69) is 15.4 Å². The molecule has 1 heterocycles. The Hall–Kier alpha value is -3.27. The molecule has 30 heavy (non-hydrogen) atoms. The van der Waals surface area contributed by atoms with Crippen molar-refractivity contribution in [2.24, 2.45) is 0 Å². The van der Waals surface area contributed by atoms with Crippen LogP contribution in [0.25, 0.3) is 0 Å². The average Bonchev–Trinajstić information content (AvgIpc) is 2.87. The molecule has 0 radical (unpaired) electrons. The summed E-state index contributed by atoms with van der Waals surface area (Å²) in [5.74, 6) is -1.78. The van der Waals surface area contributed by atoms with Crippen LogP contribution in [0.15, 0.2) is 48.5 Å². The molecule has 158 valence electrons. The first-order chi connectivity index (χ1) is 14.0. The minimum Gasteiger partial charge on any atom is -0.406 e. The number of ether oxygens (including phenoxy) is 1. The van der Waals surface area contributed by atoms with Crippen molar-refractivity contribution in [1.82, 2.24) is 10.2 Å². The maximum Gasteiger partial charge on any atom is 0.573 e. The summed E-state index contributed by atoms with van der Waals surface area (Å²) in [6.07, 6.45) is -4.83. The number of rotatable bonds is 5. The molecular weight excluding hydrogens is 427 g/mol. The summed E-state index contributed by atoms with van der Waals surface area (Å²) >= 11 is 5.85. The lowest BCUT2D eigenvalue weighted by atomic mass is 9.92. The second-order valence-corrected chi connectivity index (χ2v) is 7.01. The van der Waals surface area contributed by atoms with Gasteiger partial charge in [-0.1, -0.05) is 23.7 Å². The number of urea groups is 1. The maximum atomic E-state index is 12.8. The molecule has 1 saturated heterocycles. The smallest absolute Gasteiger partial charge is 0.406 e. The van der Waals surface area contributed by atoms with Crippen LogP contribution in [0, 0.1) is 0 Å². The molecule has 0 bridgehead atoms. The number of amides is 4. The van der Waals surface area contributed by atoms with Crippen LogP contribution in [-0.4, -0.2) is 35.7 Å². The molecule has 0 saturated carbocycles. The van der Waals surface area contributed by atoms with E-state index in [0.29, 0.717) is 10.6 Å². The van der Waals surface area contributed by atoms with Crippen molar-refractivity contribution < 1.29 is 32.3 Å².